The van der Waals surface area contributed by atoms with Crippen molar-refractivity contribution in [2.75, 3.05) is 18.6 Å². The summed E-state index contributed by atoms with van der Waals surface area (Å²) in [5.74, 6) is 3.03. The Balaban J connectivity index is 1.93. The Hall–Kier alpha value is -1.17. The lowest BCUT2D eigenvalue weighted by atomic mass is 10.0. The molecule has 2 aliphatic rings. The molecule has 1 aromatic rings. The van der Waals surface area contributed by atoms with Gasteiger partial charge in [-0.3, -0.25) is 9.00 Å². The number of imidazole rings is 1. The van der Waals surface area contributed by atoms with Gasteiger partial charge in [-0.1, -0.05) is 0 Å². The smallest absolute Gasteiger partial charge is 0.245 e. The Kier molecular flexibility index (Phi) is 3.20. The minimum absolute atomic E-state index is 0.145. The molecule has 5 nitrogen and oxygen atoms in total. The minimum Gasteiger partial charge on any atom is -0.338 e. The topological polar surface area (TPSA) is 55.2 Å². The fourth-order valence-electron chi connectivity index (χ4n) is 3.08. The SMILES string of the molecule is CC1C(=O)N(C)Cc2cnc(C3CCS(=O)CC3)n21. The molecule has 1 amide bonds. The van der Waals surface area contributed by atoms with Gasteiger partial charge in [0.05, 0.1) is 18.4 Å². The largest absolute Gasteiger partial charge is 0.338 e. The number of rotatable bonds is 1. The van der Waals surface area contributed by atoms with Gasteiger partial charge in [0.1, 0.15) is 11.9 Å². The van der Waals surface area contributed by atoms with Gasteiger partial charge in [0, 0.05) is 35.3 Å². The zero-order valence-electron chi connectivity index (χ0n) is 11.3. The van der Waals surface area contributed by atoms with Crippen LogP contribution in [0.2, 0.25) is 0 Å². The van der Waals surface area contributed by atoms with Crippen molar-refractivity contribution in [3.8, 4) is 0 Å². The quantitative estimate of drug-likeness (QED) is 0.773. The summed E-state index contributed by atoms with van der Waals surface area (Å²) in [6.45, 7) is 2.57. The van der Waals surface area contributed by atoms with E-state index in [9.17, 15) is 9.00 Å². The van der Waals surface area contributed by atoms with Gasteiger partial charge < -0.3 is 9.47 Å². The first-order valence-electron chi connectivity index (χ1n) is 6.74. The molecule has 0 spiro atoms. The third-order valence-electron chi connectivity index (χ3n) is 4.18. The molecule has 3 heterocycles. The highest BCUT2D eigenvalue weighted by atomic mass is 32.2. The maximum atomic E-state index is 12.1. The standard InChI is InChI=1S/C13H19N3O2S/c1-9-13(17)15(2)8-11-7-14-12(16(9)11)10-3-5-19(18)6-4-10/h7,9-10H,3-6,8H2,1-2H3. The number of hydrogen-bond acceptors (Lipinski definition) is 3. The fraction of sp³-hybridized carbons (Fsp3) is 0.692. The Bertz CT molecular complexity index is 530. The van der Waals surface area contributed by atoms with Crippen molar-refractivity contribution in [2.24, 2.45) is 0 Å². The average Bonchev–Trinajstić information content (AvgIpc) is 2.81. The van der Waals surface area contributed by atoms with Crippen molar-refractivity contribution >= 4 is 16.7 Å². The predicted octanol–water partition coefficient (Wildman–Crippen LogP) is 1.04. The van der Waals surface area contributed by atoms with Crippen LogP contribution < -0.4 is 0 Å². The van der Waals surface area contributed by atoms with E-state index in [2.05, 4.69) is 9.55 Å². The third kappa shape index (κ3) is 2.12. The number of carbonyl (C=O) groups is 1. The van der Waals surface area contributed by atoms with Gasteiger partial charge in [-0.2, -0.15) is 0 Å². The molecule has 0 aliphatic carbocycles. The molecule has 0 saturated carbocycles. The van der Waals surface area contributed by atoms with E-state index in [1.54, 1.807) is 4.90 Å². The molecule has 1 saturated heterocycles. The van der Waals surface area contributed by atoms with Crippen LogP contribution in [0.4, 0.5) is 0 Å². The van der Waals surface area contributed by atoms with Crippen LogP contribution in [-0.2, 0) is 22.1 Å². The lowest BCUT2D eigenvalue weighted by Crippen LogP contribution is -2.39. The van der Waals surface area contributed by atoms with E-state index in [4.69, 9.17) is 0 Å². The Morgan fingerprint density at radius 3 is 2.74 bits per heavy atom. The van der Waals surface area contributed by atoms with Crippen LogP contribution in [0.15, 0.2) is 6.20 Å². The zero-order chi connectivity index (χ0) is 13.6. The first-order valence-corrected chi connectivity index (χ1v) is 8.22. The van der Waals surface area contributed by atoms with E-state index >= 15 is 0 Å². The molecule has 0 aromatic carbocycles. The third-order valence-corrected chi connectivity index (χ3v) is 5.56. The van der Waals surface area contributed by atoms with E-state index in [-0.39, 0.29) is 11.9 Å². The van der Waals surface area contributed by atoms with Gasteiger partial charge in [0.2, 0.25) is 5.91 Å². The summed E-state index contributed by atoms with van der Waals surface area (Å²) in [5, 5.41) is 0. The van der Waals surface area contributed by atoms with Crippen LogP contribution in [0, 0.1) is 0 Å². The molecule has 104 valence electrons. The molecule has 2 aliphatic heterocycles. The van der Waals surface area contributed by atoms with Gasteiger partial charge >= 0.3 is 0 Å². The number of amides is 1. The molecule has 1 aromatic heterocycles. The second-order valence-electron chi connectivity index (χ2n) is 5.47. The number of nitrogens with zero attached hydrogens (tertiary/aromatic N) is 3. The number of aromatic nitrogens is 2. The Labute approximate surface area is 115 Å². The number of carbonyl (C=O) groups excluding carboxylic acids is 1. The molecule has 0 radical (unpaired) electrons. The Morgan fingerprint density at radius 1 is 1.37 bits per heavy atom. The molecular weight excluding hydrogens is 262 g/mol. The van der Waals surface area contributed by atoms with E-state index in [1.807, 2.05) is 20.2 Å². The molecule has 19 heavy (non-hydrogen) atoms. The van der Waals surface area contributed by atoms with Gasteiger partial charge in [0.15, 0.2) is 0 Å². The summed E-state index contributed by atoms with van der Waals surface area (Å²) in [6.07, 6.45) is 3.72. The minimum atomic E-state index is -0.658. The lowest BCUT2D eigenvalue weighted by molar-refractivity contribution is -0.135. The van der Waals surface area contributed by atoms with Crippen molar-refractivity contribution in [3.05, 3.63) is 17.7 Å². The number of likely N-dealkylation sites (N-methyl/N-ethyl adjacent to an activating group) is 1. The van der Waals surface area contributed by atoms with Crippen LogP contribution in [0.3, 0.4) is 0 Å². The van der Waals surface area contributed by atoms with Crippen LogP contribution in [0.5, 0.6) is 0 Å². The van der Waals surface area contributed by atoms with Gasteiger partial charge in [-0.25, -0.2) is 4.98 Å². The first-order chi connectivity index (χ1) is 9.08. The van der Waals surface area contributed by atoms with Crippen molar-refractivity contribution < 1.29 is 9.00 Å². The highest BCUT2D eigenvalue weighted by molar-refractivity contribution is 7.85. The molecule has 0 N–H and O–H groups in total. The summed E-state index contributed by atoms with van der Waals surface area (Å²) in [5.41, 5.74) is 1.11. The molecule has 1 fully saturated rings. The van der Waals surface area contributed by atoms with Crippen LogP contribution >= 0.6 is 0 Å². The van der Waals surface area contributed by atoms with Crippen LogP contribution in [0.25, 0.3) is 0 Å². The van der Waals surface area contributed by atoms with E-state index in [1.165, 1.54) is 0 Å². The molecule has 1 unspecified atom stereocenters. The van der Waals surface area contributed by atoms with Gasteiger partial charge in [-0.15, -0.1) is 0 Å². The second kappa shape index (κ2) is 4.74. The number of hydrogen-bond donors (Lipinski definition) is 0. The molecule has 3 rings (SSSR count). The molecule has 6 heteroatoms. The zero-order valence-corrected chi connectivity index (χ0v) is 12.2. The van der Waals surface area contributed by atoms with Gasteiger partial charge in [0.25, 0.3) is 0 Å². The maximum Gasteiger partial charge on any atom is 0.245 e. The van der Waals surface area contributed by atoms with E-state index in [0.717, 1.165) is 35.9 Å². The van der Waals surface area contributed by atoms with Crippen molar-refractivity contribution in [2.45, 2.75) is 38.3 Å². The molecular formula is C13H19N3O2S. The average molecular weight is 281 g/mol. The molecule has 0 bridgehead atoms. The summed E-state index contributed by atoms with van der Waals surface area (Å²) < 4.78 is 13.5. The van der Waals surface area contributed by atoms with E-state index in [0.29, 0.717) is 12.5 Å². The van der Waals surface area contributed by atoms with Crippen molar-refractivity contribution in [1.82, 2.24) is 14.5 Å². The highest BCUT2D eigenvalue weighted by Crippen LogP contribution is 2.32. The normalized spacial score (nSPS) is 31.4. The monoisotopic (exact) mass is 281 g/mol. The van der Waals surface area contributed by atoms with Crippen LogP contribution in [-0.4, -0.2) is 43.1 Å². The number of fused-ring (bicyclic) bond motifs is 1. The summed E-state index contributed by atoms with van der Waals surface area (Å²) in [4.78, 5) is 18.4. The molecule has 1 atom stereocenters. The van der Waals surface area contributed by atoms with Crippen LogP contribution in [0.1, 0.15) is 43.2 Å². The highest BCUT2D eigenvalue weighted by Gasteiger charge is 2.33. The van der Waals surface area contributed by atoms with Crippen molar-refractivity contribution in [3.63, 3.8) is 0 Å². The summed E-state index contributed by atoms with van der Waals surface area (Å²) >= 11 is 0. The van der Waals surface area contributed by atoms with Crippen molar-refractivity contribution in [1.29, 1.82) is 0 Å². The predicted molar refractivity (Wildman–Crippen MR) is 73.3 cm³/mol. The van der Waals surface area contributed by atoms with E-state index < -0.39 is 10.8 Å². The second-order valence-corrected chi connectivity index (χ2v) is 7.17. The lowest BCUT2D eigenvalue weighted by Gasteiger charge is -2.32. The Morgan fingerprint density at radius 2 is 2.05 bits per heavy atom. The summed E-state index contributed by atoms with van der Waals surface area (Å²) in [7, 11) is 1.17. The van der Waals surface area contributed by atoms with Gasteiger partial charge in [-0.05, 0) is 19.8 Å². The first kappa shape index (κ1) is 12.8. The maximum absolute atomic E-state index is 12.1. The fourth-order valence-corrected chi connectivity index (χ4v) is 4.38. The summed E-state index contributed by atoms with van der Waals surface area (Å²) in [6, 6.07) is -0.168.